The van der Waals surface area contributed by atoms with Crippen molar-refractivity contribution in [1.29, 1.82) is 0 Å². The average Bonchev–Trinajstić information content (AvgIpc) is 3.54. The zero-order chi connectivity index (χ0) is 28.7. The number of carbonyl (C=O) groups is 2. The molecule has 0 bridgehead atoms. The summed E-state index contributed by atoms with van der Waals surface area (Å²) in [5.74, 6) is 1.81. The van der Waals surface area contributed by atoms with E-state index in [2.05, 4.69) is 11.4 Å². The summed E-state index contributed by atoms with van der Waals surface area (Å²) in [6.07, 6.45) is 0. The number of nitrogens with one attached hydrogen (secondary N) is 1. The lowest BCUT2D eigenvalue weighted by molar-refractivity contribution is -0.123. The predicted molar refractivity (Wildman–Crippen MR) is 161 cm³/mol. The van der Waals surface area contributed by atoms with Gasteiger partial charge in [0.15, 0.2) is 11.5 Å². The summed E-state index contributed by atoms with van der Waals surface area (Å²) in [7, 11) is 0. The molecule has 9 heteroatoms. The van der Waals surface area contributed by atoms with Gasteiger partial charge in [-0.2, -0.15) is 5.10 Å². The van der Waals surface area contributed by atoms with Crippen LogP contribution in [0.2, 0.25) is 0 Å². The van der Waals surface area contributed by atoms with E-state index in [1.807, 2.05) is 93.0 Å². The van der Waals surface area contributed by atoms with Crippen molar-refractivity contribution in [3.63, 3.8) is 0 Å². The molecule has 0 unspecified atom stereocenters. The highest BCUT2D eigenvalue weighted by Gasteiger charge is 2.38. The first-order valence-corrected chi connectivity index (χ1v) is 14.7. The number of amides is 2. The van der Waals surface area contributed by atoms with Crippen LogP contribution in [0.1, 0.15) is 41.4 Å². The van der Waals surface area contributed by atoms with Gasteiger partial charge in [0.1, 0.15) is 12.4 Å². The smallest absolute Gasteiger partial charge is 0.240 e. The zero-order valence-electron chi connectivity index (χ0n) is 23.5. The Morgan fingerprint density at radius 2 is 1.83 bits per heavy atom. The van der Waals surface area contributed by atoms with E-state index in [-0.39, 0.29) is 42.2 Å². The summed E-state index contributed by atoms with van der Waals surface area (Å²) < 4.78 is 13.1. The standard InChI is InChI=1S/C32H32N4O4S/c1-19(2)33-27(37)16-35-28(38)17-41-31(23-11-13-25-26(15-23)40-18-39-25)29-30(22-8-6-5-7-9-22)34-36(32(29)35)24-12-10-20(3)14-21(24)4/h5-15,19,31H,16-18H2,1-4H3,(H,33,37)/t31-/m0/s1. The molecule has 8 nitrogen and oxygen atoms in total. The molecule has 3 aromatic carbocycles. The van der Waals surface area contributed by atoms with Crippen molar-refractivity contribution in [2.45, 2.75) is 39.0 Å². The third-order valence-electron chi connectivity index (χ3n) is 7.17. The fourth-order valence-corrected chi connectivity index (χ4v) is 6.58. The first kappa shape index (κ1) is 27.0. The number of ether oxygens (including phenoxy) is 2. The van der Waals surface area contributed by atoms with Crippen LogP contribution in [-0.2, 0) is 9.59 Å². The van der Waals surface area contributed by atoms with Crippen LogP contribution in [0.5, 0.6) is 11.5 Å². The van der Waals surface area contributed by atoms with Crippen molar-refractivity contribution in [3.05, 3.63) is 89.0 Å². The molecule has 210 valence electrons. The number of hydrogen-bond acceptors (Lipinski definition) is 6. The first-order valence-electron chi connectivity index (χ1n) is 13.7. The van der Waals surface area contributed by atoms with Gasteiger partial charge in [0.25, 0.3) is 0 Å². The van der Waals surface area contributed by atoms with Crippen LogP contribution in [0.4, 0.5) is 5.82 Å². The van der Waals surface area contributed by atoms with Crippen molar-refractivity contribution < 1.29 is 19.1 Å². The number of nitrogens with zero attached hydrogens (tertiary/aromatic N) is 3. The number of thioether (sulfide) groups is 1. The first-order chi connectivity index (χ1) is 19.8. The van der Waals surface area contributed by atoms with E-state index in [4.69, 9.17) is 14.6 Å². The third-order valence-corrected chi connectivity index (χ3v) is 8.42. The summed E-state index contributed by atoms with van der Waals surface area (Å²) >= 11 is 1.53. The third kappa shape index (κ3) is 5.17. The Bertz CT molecular complexity index is 1630. The zero-order valence-corrected chi connectivity index (χ0v) is 24.3. The van der Waals surface area contributed by atoms with Crippen LogP contribution in [0.25, 0.3) is 16.9 Å². The van der Waals surface area contributed by atoms with Gasteiger partial charge in [-0.3, -0.25) is 14.5 Å². The molecule has 0 saturated heterocycles. The SMILES string of the molecule is Cc1ccc(-n2nc(-c3ccccc3)c3c2N(CC(=O)NC(C)C)C(=O)CS[C@H]3c2ccc3c(c2)OCO3)c(C)c1. The number of benzene rings is 3. The Morgan fingerprint density at radius 3 is 2.59 bits per heavy atom. The van der Waals surface area contributed by atoms with Gasteiger partial charge >= 0.3 is 0 Å². The lowest BCUT2D eigenvalue weighted by atomic mass is 9.99. The van der Waals surface area contributed by atoms with Crippen LogP contribution in [0, 0.1) is 13.8 Å². The maximum absolute atomic E-state index is 13.9. The molecule has 4 aromatic rings. The Labute approximate surface area is 243 Å². The highest BCUT2D eigenvalue weighted by molar-refractivity contribution is 8.00. The molecule has 0 fully saturated rings. The van der Waals surface area contributed by atoms with E-state index in [0.717, 1.165) is 39.2 Å². The van der Waals surface area contributed by atoms with E-state index in [9.17, 15) is 9.59 Å². The van der Waals surface area contributed by atoms with Crippen LogP contribution < -0.4 is 19.7 Å². The summed E-state index contributed by atoms with van der Waals surface area (Å²) in [6, 6.07) is 22.0. The van der Waals surface area contributed by atoms with Gasteiger partial charge in [-0.15, -0.1) is 11.8 Å². The number of aryl methyl sites for hydroxylation is 2. The van der Waals surface area contributed by atoms with Gasteiger partial charge in [0.2, 0.25) is 18.6 Å². The minimum Gasteiger partial charge on any atom is -0.454 e. The Hall–Kier alpha value is -4.24. The summed E-state index contributed by atoms with van der Waals surface area (Å²) in [5.41, 5.74) is 6.55. The molecule has 1 aromatic heterocycles. The average molecular weight is 569 g/mol. The summed E-state index contributed by atoms with van der Waals surface area (Å²) in [6.45, 7) is 7.98. The van der Waals surface area contributed by atoms with Gasteiger partial charge in [0, 0.05) is 17.2 Å². The van der Waals surface area contributed by atoms with Crippen molar-refractivity contribution >= 4 is 29.4 Å². The molecule has 2 aliphatic rings. The topological polar surface area (TPSA) is 85.7 Å². The molecule has 41 heavy (non-hydrogen) atoms. The molecule has 2 amide bonds. The molecule has 0 saturated carbocycles. The number of fused-ring (bicyclic) bond motifs is 2. The Kier molecular flexibility index (Phi) is 7.21. The highest BCUT2D eigenvalue weighted by Crippen LogP contribution is 2.50. The molecule has 6 rings (SSSR count). The minimum atomic E-state index is -0.253. The normalized spacial score (nSPS) is 16.1. The van der Waals surface area contributed by atoms with Crippen LogP contribution in [0.3, 0.4) is 0 Å². The van der Waals surface area contributed by atoms with Crippen LogP contribution >= 0.6 is 11.8 Å². The molecule has 0 radical (unpaired) electrons. The molecule has 2 aliphatic heterocycles. The maximum atomic E-state index is 13.9. The molecule has 1 atom stereocenters. The second-order valence-corrected chi connectivity index (χ2v) is 11.8. The molecular weight excluding hydrogens is 536 g/mol. The number of rotatable bonds is 6. The van der Waals surface area contributed by atoms with Gasteiger partial charge in [-0.1, -0.05) is 54.1 Å². The maximum Gasteiger partial charge on any atom is 0.240 e. The fourth-order valence-electron chi connectivity index (χ4n) is 5.39. The number of aromatic nitrogens is 2. The van der Waals surface area contributed by atoms with Crippen LogP contribution in [-0.4, -0.2) is 46.7 Å². The molecule has 1 N–H and O–H groups in total. The quantitative estimate of drug-likeness (QED) is 0.327. The lowest BCUT2D eigenvalue weighted by Crippen LogP contribution is -2.44. The van der Waals surface area contributed by atoms with Gasteiger partial charge in [0.05, 0.1) is 22.4 Å². The highest BCUT2D eigenvalue weighted by atomic mass is 32.2. The summed E-state index contributed by atoms with van der Waals surface area (Å²) in [4.78, 5) is 28.6. The monoisotopic (exact) mass is 568 g/mol. The van der Waals surface area contributed by atoms with E-state index in [1.54, 1.807) is 4.90 Å². The second-order valence-electron chi connectivity index (χ2n) is 10.7. The fraction of sp³-hybridized carbons (Fsp3) is 0.281. The molecule has 0 aliphatic carbocycles. The predicted octanol–water partition coefficient (Wildman–Crippen LogP) is 5.58. The van der Waals surface area contributed by atoms with E-state index < -0.39 is 0 Å². The van der Waals surface area contributed by atoms with Gasteiger partial charge in [-0.25, -0.2) is 4.68 Å². The number of anilines is 1. The molecule has 0 spiro atoms. The van der Waals surface area contributed by atoms with E-state index >= 15 is 0 Å². The largest absolute Gasteiger partial charge is 0.454 e. The van der Waals surface area contributed by atoms with Gasteiger partial charge < -0.3 is 14.8 Å². The minimum absolute atomic E-state index is 0.0519. The van der Waals surface area contributed by atoms with Crippen molar-refractivity contribution in [2.24, 2.45) is 0 Å². The van der Waals surface area contributed by atoms with Crippen molar-refractivity contribution in [3.8, 4) is 28.4 Å². The molecular formula is C32H32N4O4S. The Balaban J connectivity index is 1.63. The molecule has 3 heterocycles. The van der Waals surface area contributed by atoms with E-state index in [1.165, 1.54) is 11.8 Å². The van der Waals surface area contributed by atoms with Crippen molar-refractivity contribution in [1.82, 2.24) is 15.1 Å². The number of hydrogen-bond donors (Lipinski definition) is 1. The lowest BCUT2D eigenvalue weighted by Gasteiger charge is -2.24. The Morgan fingerprint density at radius 1 is 1.05 bits per heavy atom. The van der Waals surface area contributed by atoms with Crippen LogP contribution in [0.15, 0.2) is 66.7 Å². The van der Waals surface area contributed by atoms with Crippen molar-refractivity contribution in [2.75, 3.05) is 24.0 Å². The van der Waals surface area contributed by atoms with Gasteiger partial charge in [-0.05, 0) is 57.0 Å². The van der Waals surface area contributed by atoms with E-state index in [0.29, 0.717) is 17.3 Å². The number of carbonyl (C=O) groups excluding carboxylic acids is 2. The summed E-state index contributed by atoms with van der Waals surface area (Å²) in [5, 5.41) is 7.88. The second kappa shape index (κ2) is 11.0.